The zero-order valence-electron chi connectivity index (χ0n) is 56.4. The number of likely N-dealkylation sites (tertiary alicyclic amines) is 2. The molecule has 2 aliphatic heterocycles. The van der Waals surface area contributed by atoms with Gasteiger partial charge in [0.15, 0.2) is 5.96 Å². The van der Waals surface area contributed by atoms with Crippen molar-refractivity contribution in [1.82, 2.24) is 63.0 Å². The van der Waals surface area contributed by atoms with Gasteiger partial charge in [-0.05, 0) is 179 Å². The van der Waals surface area contributed by atoms with E-state index in [1.807, 2.05) is 6.26 Å². The van der Waals surface area contributed by atoms with E-state index in [2.05, 4.69) is 58.2 Å². The molecule has 2 aliphatic rings. The monoisotopic (exact) mass is 1430 g/mol. The van der Waals surface area contributed by atoms with E-state index in [1.54, 1.807) is 6.26 Å². The molecule has 2 rings (SSSR count). The van der Waals surface area contributed by atoms with Crippen molar-refractivity contribution in [1.29, 1.82) is 0 Å². The first-order chi connectivity index (χ1) is 46.8. The SMILES string of the molecule is CSCC[C@H](NC(=O)[C@H](CCCCN)NC(=O)CNC(=O)[C@H](CCCN=C(N)N)NC(=O)[C@@H]1CCCN1C(=O)[C@H](CCCCN)NC(=O)[C@H](CCCCN)NC(=O)[C@@H]1CCCN1C(=O)[C@H](CC(=O)O)NC(=O)CNC(=O)[C@H](CCCCN)NC(=O)CNC(=O)[C@@H](N)CCSC)C(=O)O. The second-order valence-corrected chi connectivity index (χ2v) is 25.8. The summed E-state index contributed by atoms with van der Waals surface area (Å²) in [7, 11) is 0. The van der Waals surface area contributed by atoms with E-state index in [4.69, 9.17) is 40.1 Å². The van der Waals surface area contributed by atoms with Gasteiger partial charge in [-0.1, -0.05) is 0 Å². The average Bonchev–Trinajstić information content (AvgIpc) is 1.63. The van der Waals surface area contributed by atoms with Gasteiger partial charge in [0.25, 0.3) is 0 Å². The minimum Gasteiger partial charge on any atom is -0.481 e. The molecular weight excluding hydrogens is 1320 g/mol. The third-order valence-electron chi connectivity index (χ3n) is 16.1. The van der Waals surface area contributed by atoms with Crippen LogP contribution in [0.4, 0.5) is 0 Å². The van der Waals surface area contributed by atoms with E-state index in [0.717, 1.165) is 4.90 Å². The van der Waals surface area contributed by atoms with Gasteiger partial charge in [-0.15, -0.1) is 0 Å². The summed E-state index contributed by atoms with van der Waals surface area (Å²) >= 11 is 2.88. The van der Waals surface area contributed by atoms with Crippen molar-refractivity contribution in [3.63, 3.8) is 0 Å². The summed E-state index contributed by atoms with van der Waals surface area (Å²) in [4.78, 5) is 195. The number of carbonyl (C=O) groups excluding carboxylic acids is 12. The van der Waals surface area contributed by atoms with E-state index in [9.17, 15) is 77.3 Å². The van der Waals surface area contributed by atoms with Crippen molar-refractivity contribution in [3.05, 3.63) is 0 Å². The van der Waals surface area contributed by atoms with E-state index < -0.39 is 169 Å². The molecule has 0 aliphatic carbocycles. The number of aliphatic imine (C=N–C) groups is 1. The van der Waals surface area contributed by atoms with Crippen LogP contribution in [0.3, 0.4) is 0 Å². The Morgan fingerprint density at radius 3 is 1.23 bits per heavy atom. The summed E-state index contributed by atoms with van der Waals surface area (Å²) in [6.07, 6.45) is 7.57. The molecule has 98 heavy (non-hydrogen) atoms. The molecule has 2 heterocycles. The molecular formula is C60H108N20O16S2. The van der Waals surface area contributed by atoms with Gasteiger partial charge in [-0.3, -0.25) is 67.3 Å². The third kappa shape index (κ3) is 33.3. The second kappa shape index (κ2) is 49.0. The number of carbonyl (C=O) groups is 14. The highest BCUT2D eigenvalue weighted by Crippen LogP contribution is 2.23. The number of nitrogens with one attached hydrogen (secondary N) is 10. The molecule has 0 saturated carbocycles. The smallest absolute Gasteiger partial charge is 0.326 e. The van der Waals surface area contributed by atoms with Crippen LogP contribution in [-0.4, -0.2) is 259 Å². The maximum atomic E-state index is 14.7. The molecule has 0 aromatic rings. The number of carboxylic acids is 2. The standard InChI is InChI=1S/C60H108N20O16S2/c1-97-30-21-36(65)50(86)69-33-46(81)72-37(14-3-7-23-61)51(87)70-35-48(83)74-43(32-49(84)85)58(94)80-29-13-20-45(80)56(92)76-40(16-5-9-25-63)54(90)77-41(17-6-10-26-64)57(93)79-28-12-19-44(79)55(91)75-38(18-11-27-68-60(66)67)52(88)71-34-47(82)73-39(15-4-8-24-62)53(89)78-42(59(95)96)22-31-98-2/h36-45H,3-35,61-65H2,1-2H3,(H,69,86)(H,70,87)(H,71,88)(H,72,81)(H,73,82)(H,74,83)(H,75,91)(H,76,92)(H,77,90)(H,78,89)(H,84,85)(H,95,96)(H4,66,67,68)/t36-,37-,38-,39-,40-,41-,42-,43-,44-,45-/m0/s1. The Labute approximate surface area is 580 Å². The van der Waals surface area contributed by atoms with Gasteiger partial charge in [0, 0.05) is 19.6 Å². The maximum absolute atomic E-state index is 14.7. The van der Waals surface area contributed by atoms with Gasteiger partial charge >= 0.3 is 11.9 Å². The van der Waals surface area contributed by atoms with E-state index in [-0.39, 0.29) is 109 Å². The summed E-state index contributed by atoms with van der Waals surface area (Å²) in [5, 5.41) is 44.9. The maximum Gasteiger partial charge on any atom is 0.326 e. The molecule has 0 unspecified atom stereocenters. The predicted molar refractivity (Wildman–Crippen MR) is 367 cm³/mol. The van der Waals surface area contributed by atoms with Crippen LogP contribution in [0.1, 0.15) is 135 Å². The van der Waals surface area contributed by atoms with Gasteiger partial charge in [0.1, 0.15) is 54.4 Å². The average molecular weight is 1430 g/mol. The first kappa shape index (κ1) is 86.4. The van der Waals surface area contributed by atoms with Crippen LogP contribution in [0.25, 0.3) is 0 Å². The molecule has 10 atom stereocenters. The Morgan fingerprint density at radius 2 is 0.816 bits per heavy atom. The van der Waals surface area contributed by atoms with Crippen LogP contribution in [0.15, 0.2) is 4.99 Å². The Bertz CT molecular complexity index is 2650. The molecule has 2 fully saturated rings. The Kier molecular flexibility index (Phi) is 43.2. The zero-order valence-corrected chi connectivity index (χ0v) is 58.1. The molecule has 0 aromatic heterocycles. The minimum absolute atomic E-state index is 0.00331. The van der Waals surface area contributed by atoms with Crippen LogP contribution in [0.2, 0.25) is 0 Å². The van der Waals surface area contributed by atoms with Gasteiger partial charge < -0.3 is 113 Å². The molecule has 26 N–H and O–H groups in total. The number of thioether (sulfide) groups is 2. The predicted octanol–water partition coefficient (Wildman–Crippen LogP) is -6.33. The first-order valence-corrected chi connectivity index (χ1v) is 36.1. The summed E-state index contributed by atoms with van der Waals surface area (Å²) < 4.78 is 0. The number of hydrogen-bond acceptors (Lipinski definition) is 22. The molecule has 0 radical (unpaired) electrons. The lowest BCUT2D eigenvalue weighted by Crippen LogP contribution is -2.59. The molecule has 36 nitrogen and oxygen atoms in total. The quantitative estimate of drug-likeness (QED) is 0.0153. The molecule has 38 heteroatoms. The molecule has 12 amide bonds. The first-order valence-electron chi connectivity index (χ1n) is 33.3. The van der Waals surface area contributed by atoms with Crippen molar-refractivity contribution in [2.24, 2.45) is 45.1 Å². The lowest BCUT2D eigenvalue weighted by atomic mass is 10.0. The summed E-state index contributed by atoms with van der Waals surface area (Å²) in [6, 6.07) is -12.6. The lowest BCUT2D eigenvalue weighted by molar-refractivity contribution is -0.146. The van der Waals surface area contributed by atoms with Gasteiger partial charge in [-0.25, -0.2) is 4.79 Å². The Balaban J connectivity index is 2.32. The number of carboxylic acid groups (broad SMARTS) is 2. The van der Waals surface area contributed by atoms with Crippen molar-refractivity contribution < 1.29 is 77.3 Å². The number of nitrogens with zero attached hydrogens (tertiary/aromatic N) is 3. The van der Waals surface area contributed by atoms with Crippen LogP contribution < -0.4 is 93.3 Å². The molecule has 556 valence electrons. The van der Waals surface area contributed by atoms with Crippen molar-refractivity contribution in [2.75, 3.05) is 89.5 Å². The topological polar surface area (TPSA) is 601 Å². The fourth-order valence-corrected chi connectivity index (χ4v) is 11.7. The highest BCUT2D eigenvalue weighted by Gasteiger charge is 2.42. The largest absolute Gasteiger partial charge is 0.481 e. The number of nitrogens with two attached hydrogens (primary N) is 7. The van der Waals surface area contributed by atoms with Crippen molar-refractivity contribution in [2.45, 2.75) is 195 Å². The fourth-order valence-electron chi connectivity index (χ4n) is 10.8. The summed E-state index contributed by atoms with van der Waals surface area (Å²) in [6.45, 7) is -0.872. The van der Waals surface area contributed by atoms with E-state index >= 15 is 0 Å². The minimum atomic E-state index is -1.75. The highest BCUT2D eigenvalue weighted by atomic mass is 32.2. The second-order valence-electron chi connectivity index (χ2n) is 23.8. The van der Waals surface area contributed by atoms with Gasteiger partial charge in [0.05, 0.1) is 32.1 Å². The Hall–Kier alpha value is -7.65. The number of hydrogen-bond donors (Lipinski definition) is 19. The van der Waals surface area contributed by atoms with Crippen LogP contribution >= 0.6 is 23.5 Å². The molecule has 2 saturated heterocycles. The normalized spacial score (nSPS) is 16.6. The van der Waals surface area contributed by atoms with E-state index in [0.29, 0.717) is 82.3 Å². The fraction of sp³-hybridized carbons (Fsp3) is 0.750. The number of rotatable bonds is 51. The van der Waals surface area contributed by atoms with Crippen molar-refractivity contribution >= 4 is 112 Å². The van der Waals surface area contributed by atoms with Crippen molar-refractivity contribution in [3.8, 4) is 0 Å². The molecule has 0 spiro atoms. The number of amides is 12. The number of aliphatic carboxylic acids is 2. The zero-order chi connectivity index (χ0) is 73.1. The highest BCUT2D eigenvalue weighted by molar-refractivity contribution is 7.98. The van der Waals surface area contributed by atoms with Crippen LogP contribution in [0.5, 0.6) is 0 Å². The van der Waals surface area contributed by atoms with Gasteiger partial charge in [-0.2, -0.15) is 23.5 Å². The van der Waals surface area contributed by atoms with E-state index in [1.165, 1.54) is 28.4 Å². The Morgan fingerprint density at radius 1 is 0.449 bits per heavy atom. The van der Waals surface area contributed by atoms with Crippen LogP contribution in [-0.2, 0) is 67.1 Å². The summed E-state index contributed by atoms with van der Waals surface area (Å²) in [5.41, 5.74) is 39.9. The number of unbranched alkanes of at least 4 members (excludes halogenated alkanes) is 4. The number of guanidine groups is 1. The molecule has 0 bridgehead atoms. The third-order valence-corrected chi connectivity index (χ3v) is 17.4. The van der Waals surface area contributed by atoms with Gasteiger partial charge in [0.2, 0.25) is 70.9 Å². The lowest BCUT2D eigenvalue weighted by Gasteiger charge is -2.31. The molecule has 0 aromatic carbocycles. The summed E-state index contributed by atoms with van der Waals surface area (Å²) in [5.74, 6) is -11.4. The van der Waals surface area contributed by atoms with Crippen LogP contribution in [0, 0.1) is 0 Å².